The summed E-state index contributed by atoms with van der Waals surface area (Å²) in [5.41, 5.74) is 2.30. The van der Waals surface area contributed by atoms with Crippen LogP contribution in [-0.2, 0) is 10.3 Å². The third-order valence-electron chi connectivity index (χ3n) is 5.27. The van der Waals surface area contributed by atoms with Gasteiger partial charge in [-0.25, -0.2) is 0 Å². The number of nitrogens with zero attached hydrogens (tertiary/aromatic N) is 2. The Morgan fingerprint density at radius 1 is 1.20 bits per heavy atom. The van der Waals surface area contributed by atoms with Crippen LogP contribution in [0, 0.1) is 5.92 Å². The third kappa shape index (κ3) is 2.17. The van der Waals surface area contributed by atoms with Gasteiger partial charge >= 0.3 is 0 Å². The molecule has 0 fully saturated rings. The quantitative estimate of drug-likeness (QED) is 0.813. The maximum Gasteiger partial charge on any atom is 0.176 e. The van der Waals surface area contributed by atoms with Crippen molar-refractivity contribution >= 4 is 34.6 Å². The predicted octanol–water partition coefficient (Wildman–Crippen LogP) is 4.22. The number of carbonyl (C=O) groups excluding carboxylic acids is 2. The van der Waals surface area contributed by atoms with Gasteiger partial charge in [-0.1, -0.05) is 42.8 Å². The molecule has 0 bridgehead atoms. The minimum atomic E-state index is -0.664. The second kappa shape index (κ2) is 5.53. The van der Waals surface area contributed by atoms with Crippen LogP contribution in [0.2, 0.25) is 5.02 Å². The van der Waals surface area contributed by atoms with Crippen molar-refractivity contribution in [3.63, 3.8) is 0 Å². The molecule has 2 atom stereocenters. The maximum absolute atomic E-state index is 12.7. The summed E-state index contributed by atoms with van der Waals surface area (Å²) < 4.78 is 0. The average Bonchev–Trinajstić information content (AvgIpc) is 3.06. The molecule has 0 aromatic heterocycles. The van der Waals surface area contributed by atoms with Gasteiger partial charge < -0.3 is 0 Å². The number of hydrazone groups is 1. The molecule has 25 heavy (non-hydrogen) atoms. The number of rotatable bonds is 2. The van der Waals surface area contributed by atoms with Crippen LogP contribution in [0.25, 0.3) is 0 Å². The van der Waals surface area contributed by atoms with Crippen LogP contribution in [0.3, 0.4) is 0 Å². The summed E-state index contributed by atoms with van der Waals surface area (Å²) in [5.74, 6) is -0.171. The van der Waals surface area contributed by atoms with Crippen LogP contribution in [0.5, 0.6) is 0 Å². The molecule has 0 radical (unpaired) electrons. The number of hydrogen-bond acceptors (Lipinski definition) is 4. The average molecular weight is 353 g/mol. The Balaban J connectivity index is 1.95. The number of anilines is 1. The largest absolute Gasteiger partial charge is 0.294 e. The van der Waals surface area contributed by atoms with Crippen molar-refractivity contribution in [1.29, 1.82) is 0 Å². The third-order valence-corrected chi connectivity index (χ3v) is 5.52. The summed E-state index contributed by atoms with van der Waals surface area (Å²) in [6, 6.07) is 14.9. The van der Waals surface area contributed by atoms with E-state index in [1.807, 2.05) is 48.3 Å². The Kier molecular flexibility index (Phi) is 3.55. The first-order chi connectivity index (χ1) is 11.9. The van der Waals surface area contributed by atoms with Gasteiger partial charge in [0.25, 0.3) is 0 Å². The molecule has 4 rings (SSSR count). The van der Waals surface area contributed by atoms with Crippen molar-refractivity contribution in [2.24, 2.45) is 11.0 Å². The highest BCUT2D eigenvalue weighted by Gasteiger charge is 2.57. The number of Topliss-reactive ketones (excluding diaryl/α,β-unsaturated/α-hetero) is 2. The fourth-order valence-electron chi connectivity index (χ4n) is 4.05. The number of halogens is 1. The monoisotopic (exact) mass is 352 g/mol. The van der Waals surface area contributed by atoms with E-state index in [0.717, 1.165) is 11.3 Å². The number of carbonyl (C=O) groups is 2. The van der Waals surface area contributed by atoms with Gasteiger partial charge in [0.15, 0.2) is 11.6 Å². The van der Waals surface area contributed by atoms with E-state index in [4.69, 9.17) is 11.6 Å². The highest BCUT2D eigenvalue weighted by molar-refractivity contribution is 6.41. The SMILES string of the molecule is CC(=O)C1=NN(c2ccc(Cl)cc2)C2(CC(=O)c3ccccc32)C1C. The summed E-state index contributed by atoms with van der Waals surface area (Å²) >= 11 is 6.02. The topological polar surface area (TPSA) is 49.7 Å². The molecule has 5 heteroatoms. The van der Waals surface area contributed by atoms with Crippen LogP contribution in [0.1, 0.15) is 36.2 Å². The first-order valence-corrected chi connectivity index (χ1v) is 8.61. The Morgan fingerprint density at radius 2 is 1.88 bits per heavy atom. The van der Waals surface area contributed by atoms with Crippen LogP contribution >= 0.6 is 11.6 Å². The molecule has 2 aromatic carbocycles. The molecule has 1 aliphatic carbocycles. The highest BCUT2D eigenvalue weighted by Crippen LogP contribution is 2.52. The van der Waals surface area contributed by atoms with Crippen molar-refractivity contribution in [3.8, 4) is 0 Å². The van der Waals surface area contributed by atoms with Crippen LogP contribution in [-0.4, -0.2) is 17.3 Å². The summed E-state index contributed by atoms with van der Waals surface area (Å²) in [7, 11) is 0. The predicted molar refractivity (Wildman–Crippen MR) is 98.3 cm³/mol. The second-order valence-corrected chi connectivity index (χ2v) is 7.06. The van der Waals surface area contributed by atoms with E-state index < -0.39 is 5.54 Å². The Hall–Kier alpha value is -2.46. The smallest absolute Gasteiger partial charge is 0.176 e. The van der Waals surface area contributed by atoms with Crippen molar-refractivity contribution in [2.75, 3.05) is 5.01 Å². The Morgan fingerprint density at radius 3 is 2.56 bits per heavy atom. The first-order valence-electron chi connectivity index (χ1n) is 8.23. The fraction of sp³-hybridized carbons (Fsp3) is 0.250. The fourth-order valence-corrected chi connectivity index (χ4v) is 4.18. The lowest BCUT2D eigenvalue weighted by atomic mass is 9.77. The lowest BCUT2D eigenvalue weighted by Gasteiger charge is -2.38. The number of benzene rings is 2. The van der Waals surface area contributed by atoms with Crippen LogP contribution in [0.15, 0.2) is 53.6 Å². The molecular formula is C20H17ClN2O2. The van der Waals surface area contributed by atoms with E-state index in [2.05, 4.69) is 5.10 Å². The highest BCUT2D eigenvalue weighted by atomic mass is 35.5. The number of fused-ring (bicyclic) bond motifs is 2. The Bertz CT molecular complexity index is 920. The maximum atomic E-state index is 12.7. The van der Waals surface area contributed by atoms with Crippen molar-refractivity contribution < 1.29 is 9.59 Å². The van der Waals surface area contributed by atoms with Crippen LogP contribution in [0.4, 0.5) is 5.69 Å². The minimum Gasteiger partial charge on any atom is -0.294 e. The molecule has 1 spiro atoms. The molecular weight excluding hydrogens is 336 g/mol. The lowest BCUT2D eigenvalue weighted by molar-refractivity contribution is -0.111. The molecule has 0 N–H and O–H groups in total. The molecule has 0 amide bonds. The summed E-state index contributed by atoms with van der Waals surface area (Å²) in [4.78, 5) is 24.9. The number of hydrogen-bond donors (Lipinski definition) is 0. The van der Waals surface area contributed by atoms with Gasteiger partial charge in [0.1, 0.15) is 11.3 Å². The summed E-state index contributed by atoms with van der Waals surface area (Å²) in [5, 5.41) is 7.11. The molecule has 0 saturated heterocycles. The van der Waals surface area contributed by atoms with E-state index in [9.17, 15) is 9.59 Å². The zero-order valence-corrected chi connectivity index (χ0v) is 14.7. The molecule has 2 aromatic rings. The van der Waals surface area contributed by atoms with Gasteiger partial charge in [0.05, 0.1) is 5.69 Å². The normalized spacial score (nSPS) is 24.6. The molecule has 1 aliphatic heterocycles. The van der Waals surface area contributed by atoms with Gasteiger partial charge in [-0.2, -0.15) is 5.10 Å². The standard InChI is InChI=1S/C20H17ClN2O2/c1-12-19(13(2)24)22-23(15-9-7-14(21)8-10-15)20(12)11-18(25)16-5-3-4-6-17(16)20/h3-10,12H,11H2,1-2H3. The van der Waals surface area contributed by atoms with E-state index >= 15 is 0 Å². The molecule has 126 valence electrons. The molecule has 4 nitrogen and oxygen atoms in total. The van der Waals surface area contributed by atoms with E-state index in [1.165, 1.54) is 6.92 Å². The summed E-state index contributed by atoms with van der Waals surface area (Å²) in [6.45, 7) is 3.50. The van der Waals surface area contributed by atoms with E-state index in [0.29, 0.717) is 22.7 Å². The zero-order chi connectivity index (χ0) is 17.8. The first kappa shape index (κ1) is 16.0. The minimum absolute atomic E-state index is 0.0693. The lowest BCUT2D eigenvalue weighted by Crippen LogP contribution is -2.44. The zero-order valence-electron chi connectivity index (χ0n) is 14.0. The van der Waals surface area contributed by atoms with E-state index in [1.54, 1.807) is 12.1 Å². The van der Waals surface area contributed by atoms with E-state index in [-0.39, 0.29) is 17.5 Å². The van der Waals surface area contributed by atoms with Crippen molar-refractivity contribution in [2.45, 2.75) is 25.8 Å². The molecule has 2 unspecified atom stereocenters. The molecule has 0 saturated carbocycles. The van der Waals surface area contributed by atoms with Gasteiger partial charge in [-0.15, -0.1) is 0 Å². The number of ketones is 2. The second-order valence-electron chi connectivity index (χ2n) is 6.62. The Labute approximate surface area is 151 Å². The van der Waals surface area contributed by atoms with Gasteiger partial charge in [0.2, 0.25) is 0 Å². The van der Waals surface area contributed by atoms with Gasteiger partial charge in [-0.3, -0.25) is 14.6 Å². The van der Waals surface area contributed by atoms with Crippen molar-refractivity contribution in [1.82, 2.24) is 0 Å². The van der Waals surface area contributed by atoms with Crippen LogP contribution < -0.4 is 5.01 Å². The van der Waals surface area contributed by atoms with Gasteiger partial charge in [-0.05, 0) is 29.8 Å². The summed E-state index contributed by atoms with van der Waals surface area (Å²) in [6.07, 6.45) is 0.302. The van der Waals surface area contributed by atoms with Gasteiger partial charge in [0, 0.05) is 29.8 Å². The molecule has 2 aliphatic rings. The molecule has 1 heterocycles. The van der Waals surface area contributed by atoms with Crippen molar-refractivity contribution in [3.05, 3.63) is 64.7 Å².